The van der Waals surface area contributed by atoms with E-state index in [0.717, 1.165) is 37.2 Å². The Bertz CT molecular complexity index is 625. The standard InChI is InChI=1S/C21H33N3O3/c1-16(2)15-27-12-9-20(25)22-18-8-7-17(3)19(13-18)23-21(26)14-24-10-5-4-6-11-24/h7-8,13,16H,4-6,9-12,14-15H2,1-3H3,(H,22,25)(H,23,26). The summed E-state index contributed by atoms with van der Waals surface area (Å²) in [4.78, 5) is 26.6. The zero-order chi connectivity index (χ0) is 19.6. The number of hydrogen-bond acceptors (Lipinski definition) is 4. The van der Waals surface area contributed by atoms with Gasteiger partial charge in [-0.25, -0.2) is 0 Å². The molecule has 27 heavy (non-hydrogen) atoms. The molecule has 2 rings (SSSR count). The number of amides is 2. The summed E-state index contributed by atoms with van der Waals surface area (Å²) in [5.74, 6) is 0.361. The molecule has 0 radical (unpaired) electrons. The fraction of sp³-hybridized carbons (Fsp3) is 0.619. The number of benzene rings is 1. The average molecular weight is 376 g/mol. The van der Waals surface area contributed by atoms with Crippen LogP contribution in [0.5, 0.6) is 0 Å². The first-order valence-electron chi connectivity index (χ1n) is 9.94. The second-order valence-corrected chi connectivity index (χ2v) is 7.68. The van der Waals surface area contributed by atoms with Crippen molar-refractivity contribution in [2.75, 3.05) is 43.5 Å². The van der Waals surface area contributed by atoms with Crippen LogP contribution < -0.4 is 10.6 Å². The number of ether oxygens (including phenoxy) is 1. The molecule has 0 aliphatic carbocycles. The summed E-state index contributed by atoms with van der Waals surface area (Å²) >= 11 is 0. The molecule has 1 aromatic carbocycles. The van der Waals surface area contributed by atoms with E-state index in [-0.39, 0.29) is 11.8 Å². The molecule has 1 aromatic rings. The van der Waals surface area contributed by atoms with Crippen molar-refractivity contribution in [1.29, 1.82) is 0 Å². The number of nitrogens with zero attached hydrogens (tertiary/aromatic N) is 1. The Hall–Kier alpha value is -1.92. The minimum Gasteiger partial charge on any atom is -0.381 e. The Morgan fingerprint density at radius 2 is 1.85 bits per heavy atom. The lowest BCUT2D eigenvalue weighted by molar-refractivity contribution is -0.118. The first-order chi connectivity index (χ1) is 12.9. The van der Waals surface area contributed by atoms with Crippen molar-refractivity contribution in [2.45, 2.75) is 46.5 Å². The van der Waals surface area contributed by atoms with Crippen LogP contribution in [0.15, 0.2) is 18.2 Å². The number of carbonyl (C=O) groups excluding carboxylic acids is 2. The van der Waals surface area contributed by atoms with E-state index < -0.39 is 0 Å². The van der Waals surface area contributed by atoms with E-state index in [0.29, 0.717) is 37.8 Å². The maximum atomic E-state index is 12.3. The van der Waals surface area contributed by atoms with E-state index in [4.69, 9.17) is 4.74 Å². The lowest BCUT2D eigenvalue weighted by atomic mass is 10.1. The third kappa shape index (κ3) is 8.10. The van der Waals surface area contributed by atoms with Gasteiger partial charge in [0.15, 0.2) is 0 Å². The summed E-state index contributed by atoms with van der Waals surface area (Å²) in [7, 11) is 0. The van der Waals surface area contributed by atoms with Crippen molar-refractivity contribution >= 4 is 23.2 Å². The smallest absolute Gasteiger partial charge is 0.238 e. The normalized spacial score (nSPS) is 15.0. The topological polar surface area (TPSA) is 70.7 Å². The molecular formula is C21H33N3O3. The molecule has 0 spiro atoms. The van der Waals surface area contributed by atoms with Crippen LogP contribution in [0.25, 0.3) is 0 Å². The summed E-state index contributed by atoms with van der Waals surface area (Å²) in [5.41, 5.74) is 2.40. The van der Waals surface area contributed by atoms with Gasteiger partial charge in [-0.3, -0.25) is 14.5 Å². The Morgan fingerprint density at radius 3 is 2.56 bits per heavy atom. The van der Waals surface area contributed by atoms with Gasteiger partial charge in [0.2, 0.25) is 11.8 Å². The van der Waals surface area contributed by atoms with Gasteiger partial charge in [0, 0.05) is 18.0 Å². The highest BCUT2D eigenvalue weighted by atomic mass is 16.5. The molecule has 1 saturated heterocycles. The molecule has 2 N–H and O–H groups in total. The molecular weight excluding hydrogens is 342 g/mol. The van der Waals surface area contributed by atoms with E-state index >= 15 is 0 Å². The molecule has 0 unspecified atom stereocenters. The Kier molecular flexibility index (Phi) is 8.75. The molecule has 0 bridgehead atoms. The van der Waals surface area contributed by atoms with Crippen LogP contribution in [0, 0.1) is 12.8 Å². The van der Waals surface area contributed by atoms with E-state index in [1.165, 1.54) is 6.42 Å². The van der Waals surface area contributed by atoms with Gasteiger partial charge in [0.05, 0.1) is 19.6 Å². The Labute approximate surface area is 162 Å². The SMILES string of the molecule is Cc1ccc(NC(=O)CCOCC(C)C)cc1NC(=O)CN1CCCCC1. The second kappa shape index (κ2) is 11.0. The van der Waals surface area contributed by atoms with E-state index in [9.17, 15) is 9.59 Å². The van der Waals surface area contributed by atoms with Crippen LogP contribution >= 0.6 is 0 Å². The van der Waals surface area contributed by atoms with Gasteiger partial charge in [-0.15, -0.1) is 0 Å². The lowest BCUT2D eigenvalue weighted by Gasteiger charge is -2.25. The number of nitrogens with one attached hydrogen (secondary N) is 2. The van der Waals surface area contributed by atoms with Crippen molar-refractivity contribution in [3.63, 3.8) is 0 Å². The van der Waals surface area contributed by atoms with Crippen molar-refractivity contribution < 1.29 is 14.3 Å². The maximum absolute atomic E-state index is 12.3. The number of aryl methyl sites for hydroxylation is 1. The number of likely N-dealkylation sites (tertiary alicyclic amines) is 1. The number of piperidine rings is 1. The summed E-state index contributed by atoms with van der Waals surface area (Å²) in [6.07, 6.45) is 3.89. The minimum absolute atomic E-state index is 0.00874. The molecule has 1 aliphatic heterocycles. The van der Waals surface area contributed by atoms with Crippen molar-refractivity contribution in [3.05, 3.63) is 23.8 Å². The van der Waals surface area contributed by atoms with Gasteiger partial charge in [-0.2, -0.15) is 0 Å². The summed E-state index contributed by atoms with van der Waals surface area (Å²) in [5, 5.41) is 5.85. The fourth-order valence-corrected chi connectivity index (χ4v) is 3.05. The van der Waals surface area contributed by atoms with Crippen molar-refractivity contribution in [2.24, 2.45) is 5.92 Å². The quantitative estimate of drug-likeness (QED) is 0.649. The van der Waals surface area contributed by atoms with Crippen LogP contribution in [0.4, 0.5) is 11.4 Å². The fourth-order valence-electron chi connectivity index (χ4n) is 3.05. The molecule has 150 valence electrons. The van der Waals surface area contributed by atoms with Crippen LogP contribution in [-0.4, -0.2) is 49.6 Å². The van der Waals surface area contributed by atoms with Gasteiger partial charge in [-0.1, -0.05) is 26.3 Å². The predicted molar refractivity (Wildman–Crippen MR) is 109 cm³/mol. The number of hydrogen-bond donors (Lipinski definition) is 2. The molecule has 6 heteroatoms. The monoisotopic (exact) mass is 375 g/mol. The highest BCUT2D eigenvalue weighted by Crippen LogP contribution is 2.21. The summed E-state index contributed by atoms with van der Waals surface area (Å²) in [6, 6.07) is 5.57. The maximum Gasteiger partial charge on any atom is 0.238 e. The van der Waals surface area contributed by atoms with E-state index in [1.807, 2.05) is 25.1 Å². The van der Waals surface area contributed by atoms with Gasteiger partial charge in [0.1, 0.15) is 0 Å². The zero-order valence-electron chi connectivity index (χ0n) is 16.8. The summed E-state index contributed by atoms with van der Waals surface area (Å²) in [6.45, 7) is 9.56. The number of rotatable bonds is 9. The first kappa shape index (κ1) is 21.4. The molecule has 1 fully saturated rings. The predicted octanol–water partition coefficient (Wildman–Crippen LogP) is 3.42. The molecule has 1 aliphatic rings. The molecule has 0 atom stereocenters. The van der Waals surface area contributed by atoms with Crippen LogP contribution in [0.3, 0.4) is 0 Å². The Morgan fingerprint density at radius 1 is 1.11 bits per heavy atom. The lowest BCUT2D eigenvalue weighted by Crippen LogP contribution is -2.36. The number of carbonyl (C=O) groups is 2. The average Bonchev–Trinajstić information content (AvgIpc) is 2.62. The Balaban J connectivity index is 1.83. The number of anilines is 2. The van der Waals surface area contributed by atoms with Crippen LogP contribution in [0.2, 0.25) is 0 Å². The third-order valence-corrected chi connectivity index (χ3v) is 4.54. The molecule has 0 saturated carbocycles. The van der Waals surface area contributed by atoms with Crippen molar-refractivity contribution in [1.82, 2.24) is 4.90 Å². The van der Waals surface area contributed by atoms with Gasteiger partial charge >= 0.3 is 0 Å². The van der Waals surface area contributed by atoms with Crippen LogP contribution in [-0.2, 0) is 14.3 Å². The third-order valence-electron chi connectivity index (χ3n) is 4.54. The van der Waals surface area contributed by atoms with Crippen LogP contribution in [0.1, 0.15) is 45.1 Å². The largest absolute Gasteiger partial charge is 0.381 e. The second-order valence-electron chi connectivity index (χ2n) is 7.68. The van der Waals surface area contributed by atoms with Crippen molar-refractivity contribution in [3.8, 4) is 0 Å². The van der Waals surface area contributed by atoms with Gasteiger partial charge in [-0.05, 0) is 56.5 Å². The minimum atomic E-state index is -0.0896. The zero-order valence-corrected chi connectivity index (χ0v) is 16.8. The molecule has 0 aromatic heterocycles. The van der Waals surface area contributed by atoms with Gasteiger partial charge in [0.25, 0.3) is 0 Å². The molecule has 6 nitrogen and oxygen atoms in total. The van der Waals surface area contributed by atoms with E-state index in [2.05, 4.69) is 29.4 Å². The summed E-state index contributed by atoms with van der Waals surface area (Å²) < 4.78 is 5.45. The van der Waals surface area contributed by atoms with E-state index in [1.54, 1.807) is 0 Å². The first-order valence-corrected chi connectivity index (χ1v) is 9.94. The highest BCUT2D eigenvalue weighted by molar-refractivity contribution is 5.95. The molecule has 2 amide bonds. The highest BCUT2D eigenvalue weighted by Gasteiger charge is 2.15. The molecule has 1 heterocycles. The van der Waals surface area contributed by atoms with Gasteiger partial charge < -0.3 is 15.4 Å².